The maximum atomic E-state index is 11.9. The Morgan fingerprint density at radius 1 is 1.12 bits per heavy atom. The van der Waals surface area contributed by atoms with E-state index in [1.807, 2.05) is 52.0 Å². The molecule has 8 heteroatoms. The standard InChI is InChI=1S/C24H24N6O2/c1-5-19-22(17-7-6-10-25-13-17)23(28-20-11-14(2)8-9-18(20)24(31)32)30(29-19)21-12-15(3)26-16(4)27-21/h6-13,28H,5H2,1-4H3,(H,31,32). The summed E-state index contributed by atoms with van der Waals surface area (Å²) < 4.78 is 1.72. The molecule has 0 atom stereocenters. The molecule has 0 saturated heterocycles. The molecule has 1 aromatic carbocycles. The highest BCUT2D eigenvalue weighted by atomic mass is 16.4. The highest BCUT2D eigenvalue weighted by Gasteiger charge is 2.23. The lowest BCUT2D eigenvalue weighted by atomic mass is 10.0. The molecular weight excluding hydrogens is 404 g/mol. The number of hydrogen-bond acceptors (Lipinski definition) is 6. The van der Waals surface area contributed by atoms with Crippen molar-refractivity contribution < 1.29 is 9.90 Å². The Bertz CT molecular complexity index is 1280. The summed E-state index contributed by atoms with van der Waals surface area (Å²) in [5.41, 5.74) is 4.99. The van der Waals surface area contributed by atoms with Gasteiger partial charge in [0.1, 0.15) is 11.6 Å². The van der Waals surface area contributed by atoms with E-state index >= 15 is 0 Å². The first-order chi connectivity index (χ1) is 15.4. The van der Waals surface area contributed by atoms with Gasteiger partial charge in [-0.1, -0.05) is 19.1 Å². The maximum Gasteiger partial charge on any atom is 0.337 e. The summed E-state index contributed by atoms with van der Waals surface area (Å²) in [6.45, 7) is 7.69. The molecule has 0 aliphatic rings. The second-order valence-electron chi connectivity index (χ2n) is 7.57. The van der Waals surface area contributed by atoms with Crippen LogP contribution in [0.3, 0.4) is 0 Å². The van der Waals surface area contributed by atoms with Gasteiger partial charge >= 0.3 is 5.97 Å². The van der Waals surface area contributed by atoms with Crippen LogP contribution in [0.1, 0.15) is 40.1 Å². The number of aryl methyl sites for hydroxylation is 4. The zero-order valence-electron chi connectivity index (χ0n) is 18.4. The van der Waals surface area contributed by atoms with E-state index in [2.05, 4.69) is 20.3 Å². The van der Waals surface area contributed by atoms with Crippen LogP contribution in [0.25, 0.3) is 16.9 Å². The fourth-order valence-corrected chi connectivity index (χ4v) is 3.69. The molecule has 0 bridgehead atoms. The third kappa shape index (κ3) is 4.07. The molecule has 3 aromatic heterocycles. The van der Waals surface area contributed by atoms with Crippen molar-refractivity contribution in [3.63, 3.8) is 0 Å². The summed E-state index contributed by atoms with van der Waals surface area (Å²) in [6.07, 6.45) is 4.16. The Kier molecular flexibility index (Phi) is 5.68. The first kappa shape index (κ1) is 21.2. The van der Waals surface area contributed by atoms with Gasteiger partial charge in [0.05, 0.1) is 16.9 Å². The van der Waals surface area contributed by atoms with Crippen LogP contribution in [-0.2, 0) is 6.42 Å². The summed E-state index contributed by atoms with van der Waals surface area (Å²) >= 11 is 0. The number of aromatic nitrogens is 5. The van der Waals surface area contributed by atoms with E-state index in [-0.39, 0.29) is 5.56 Å². The quantitative estimate of drug-likeness (QED) is 0.460. The first-order valence-corrected chi connectivity index (χ1v) is 10.3. The van der Waals surface area contributed by atoms with E-state index in [9.17, 15) is 9.90 Å². The predicted molar refractivity (Wildman–Crippen MR) is 123 cm³/mol. The van der Waals surface area contributed by atoms with E-state index in [0.717, 1.165) is 28.1 Å². The lowest BCUT2D eigenvalue weighted by Gasteiger charge is -2.15. The number of benzene rings is 1. The van der Waals surface area contributed by atoms with E-state index in [1.54, 1.807) is 29.2 Å². The van der Waals surface area contributed by atoms with Gasteiger partial charge in [-0.05, 0) is 51.0 Å². The van der Waals surface area contributed by atoms with Gasteiger partial charge in [-0.15, -0.1) is 0 Å². The number of hydrogen-bond donors (Lipinski definition) is 2. The van der Waals surface area contributed by atoms with Gasteiger partial charge < -0.3 is 10.4 Å². The smallest absolute Gasteiger partial charge is 0.337 e. The summed E-state index contributed by atoms with van der Waals surface area (Å²) in [6, 6.07) is 10.9. The van der Waals surface area contributed by atoms with Crippen molar-refractivity contribution >= 4 is 17.5 Å². The molecule has 2 N–H and O–H groups in total. The number of carboxylic acids is 1. The Labute approximate surface area is 186 Å². The zero-order valence-corrected chi connectivity index (χ0v) is 18.4. The van der Waals surface area contributed by atoms with E-state index in [4.69, 9.17) is 5.10 Å². The lowest BCUT2D eigenvalue weighted by molar-refractivity contribution is 0.0698. The molecule has 0 aliphatic carbocycles. The molecule has 162 valence electrons. The van der Waals surface area contributed by atoms with Crippen LogP contribution in [0.4, 0.5) is 11.5 Å². The molecule has 0 radical (unpaired) electrons. The Balaban J connectivity index is 2.00. The van der Waals surface area contributed by atoms with Gasteiger partial charge in [0, 0.05) is 35.3 Å². The third-order valence-electron chi connectivity index (χ3n) is 5.07. The van der Waals surface area contributed by atoms with Gasteiger partial charge in [-0.25, -0.2) is 14.8 Å². The van der Waals surface area contributed by atoms with Gasteiger partial charge in [-0.3, -0.25) is 4.98 Å². The van der Waals surface area contributed by atoms with E-state index < -0.39 is 5.97 Å². The summed E-state index contributed by atoms with van der Waals surface area (Å²) in [5.74, 6) is 0.849. The van der Waals surface area contributed by atoms with Crippen molar-refractivity contribution in [2.75, 3.05) is 5.32 Å². The number of aromatic carboxylic acids is 1. The van der Waals surface area contributed by atoms with Crippen LogP contribution in [0, 0.1) is 20.8 Å². The van der Waals surface area contributed by atoms with Crippen LogP contribution in [0.5, 0.6) is 0 Å². The van der Waals surface area contributed by atoms with Crippen molar-refractivity contribution in [2.24, 2.45) is 0 Å². The van der Waals surface area contributed by atoms with E-state index in [0.29, 0.717) is 29.6 Å². The molecule has 8 nitrogen and oxygen atoms in total. The molecule has 32 heavy (non-hydrogen) atoms. The Morgan fingerprint density at radius 2 is 1.94 bits per heavy atom. The van der Waals surface area contributed by atoms with Crippen LogP contribution in [-0.4, -0.2) is 35.8 Å². The van der Waals surface area contributed by atoms with Gasteiger partial charge in [-0.2, -0.15) is 9.78 Å². The lowest BCUT2D eigenvalue weighted by Crippen LogP contribution is -2.09. The Morgan fingerprint density at radius 3 is 2.59 bits per heavy atom. The fraction of sp³-hybridized carbons (Fsp3) is 0.208. The molecule has 4 rings (SSSR count). The molecule has 0 aliphatic heterocycles. The van der Waals surface area contributed by atoms with Crippen LogP contribution in [0.2, 0.25) is 0 Å². The number of carboxylic acid groups (broad SMARTS) is 1. The number of carbonyl (C=O) groups is 1. The predicted octanol–water partition coefficient (Wildman–Crippen LogP) is 4.65. The number of nitrogens with zero attached hydrogens (tertiary/aromatic N) is 5. The minimum atomic E-state index is -1.01. The van der Waals surface area contributed by atoms with Crippen molar-refractivity contribution in [1.29, 1.82) is 0 Å². The topological polar surface area (TPSA) is 106 Å². The summed E-state index contributed by atoms with van der Waals surface area (Å²) in [7, 11) is 0. The summed E-state index contributed by atoms with van der Waals surface area (Å²) in [4.78, 5) is 25.1. The molecule has 0 spiro atoms. The van der Waals surface area contributed by atoms with Gasteiger partial charge in [0.15, 0.2) is 5.82 Å². The van der Waals surface area contributed by atoms with Crippen molar-refractivity contribution in [3.8, 4) is 16.9 Å². The van der Waals surface area contributed by atoms with Crippen LogP contribution < -0.4 is 5.32 Å². The molecule has 3 heterocycles. The molecule has 0 saturated carbocycles. The van der Waals surface area contributed by atoms with Gasteiger partial charge in [0.25, 0.3) is 0 Å². The second-order valence-corrected chi connectivity index (χ2v) is 7.57. The van der Waals surface area contributed by atoms with Gasteiger partial charge in [0.2, 0.25) is 0 Å². The molecule has 4 aromatic rings. The number of nitrogens with one attached hydrogen (secondary N) is 1. The largest absolute Gasteiger partial charge is 0.478 e. The van der Waals surface area contributed by atoms with Crippen LogP contribution in [0.15, 0.2) is 48.8 Å². The molecular formula is C24H24N6O2. The monoisotopic (exact) mass is 428 g/mol. The third-order valence-corrected chi connectivity index (χ3v) is 5.07. The molecule has 0 unspecified atom stereocenters. The van der Waals surface area contributed by atoms with Crippen LogP contribution >= 0.6 is 0 Å². The van der Waals surface area contributed by atoms with Crippen molar-refractivity contribution in [3.05, 3.63) is 77.1 Å². The molecule has 0 fully saturated rings. The fourth-order valence-electron chi connectivity index (χ4n) is 3.69. The average Bonchev–Trinajstić information content (AvgIpc) is 3.12. The SMILES string of the molecule is CCc1nn(-c2cc(C)nc(C)n2)c(Nc2cc(C)ccc2C(=O)O)c1-c1cccnc1. The maximum absolute atomic E-state index is 11.9. The van der Waals surface area contributed by atoms with E-state index in [1.165, 1.54) is 0 Å². The zero-order chi connectivity index (χ0) is 22.8. The van der Waals surface area contributed by atoms with Crippen molar-refractivity contribution in [2.45, 2.75) is 34.1 Å². The second kappa shape index (κ2) is 8.58. The molecule has 0 amide bonds. The Hall–Kier alpha value is -4.07. The number of rotatable bonds is 6. The number of pyridine rings is 1. The highest BCUT2D eigenvalue weighted by Crippen LogP contribution is 2.36. The first-order valence-electron chi connectivity index (χ1n) is 10.3. The average molecular weight is 428 g/mol. The highest BCUT2D eigenvalue weighted by molar-refractivity contribution is 5.96. The van der Waals surface area contributed by atoms with Crippen molar-refractivity contribution in [1.82, 2.24) is 24.7 Å². The minimum absolute atomic E-state index is 0.175. The number of anilines is 2. The minimum Gasteiger partial charge on any atom is -0.478 e. The summed E-state index contributed by atoms with van der Waals surface area (Å²) in [5, 5.41) is 17.9. The normalized spacial score (nSPS) is 10.9.